The fourth-order valence-corrected chi connectivity index (χ4v) is 8.10. The Balaban J connectivity index is 1.10. The van der Waals surface area contributed by atoms with Gasteiger partial charge in [-0.2, -0.15) is 0 Å². The summed E-state index contributed by atoms with van der Waals surface area (Å²) in [6.07, 6.45) is 2.26. The first-order chi connectivity index (χ1) is 24.8. The Kier molecular flexibility index (Phi) is 6.75. The first kappa shape index (κ1) is 28.8. The fourth-order valence-electron chi connectivity index (χ4n) is 8.10. The van der Waals surface area contributed by atoms with Crippen LogP contribution in [0.2, 0.25) is 0 Å². The Bertz CT molecular complexity index is 2760. The second-order valence-electron chi connectivity index (χ2n) is 13.4. The van der Waals surface area contributed by atoms with E-state index >= 15 is 0 Å². The Labute approximate surface area is 291 Å². The molecule has 0 aliphatic carbocycles. The summed E-state index contributed by atoms with van der Waals surface area (Å²) in [4.78, 5) is 0. The Morgan fingerprint density at radius 1 is 0.400 bits per heavy atom. The summed E-state index contributed by atoms with van der Waals surface area (Å²) in [5, 5.41) is 20.6. The van der Waals surface area contributed by atoms with Crippen LogP contribution in [0.5, 0.6) is 0 Å². The molecule has 9 aromatic carbocycles. The summed E-state index contributed by atoms with van der Waals surface area (Å²) < 4.78 is 0. The third-order valence-electron chi connectivity index (χ3n) is 10.5. The van der Waals surface area contributed by atoms with Crippen molar-refractivity contribution in [3.8, 4) is 11.1 Å². The minimum Gasteiger partial charge on any atom is -0.366 e. The van der Waals surface area contributed by atoms with E-state index in [0.717, 1.165) is 5.70 Å². The lowest BCUT2D eigenvalue weighted by Gasteiger charge is -2.33. The van der Waals surface area contributed by atoms with Gasteiger partial charge in [0.05, 0.1) is 6.04 Å². The van der Waals surface area contributed by atoms with Crippen LogP contribution in [0.3, 0.4) is 0 Å². The highest BCUT2D eigenvalue weighted by Crippen LogP contribution is 2.40. The number of rotatable bonds is 4. The van der Waals surface area contributed by atoms with Gasteiger partial charge in [0.2, 0.25) is 0 Å². The van der Waals surface area contributed by atoms with Crippen LogP contribution in [0.25, 0.3) is 70.7 Å². The minimum absolute atomic E-state index is 0.0395. The molecule has 0 spiro atoms. The van der Waals surface area contributed by atoms with Crippen molar-refractivity contribution in [2.45, 2.75) is 12.2 Å². The molecule has 0 amide bonds. The second kappa shape index (κ2) is 11.7. The number of hydrogen-bond acceptors (Lipinski definition) is 2. The molecule has 2 N–H and O–H groups in total. The van der Waals surface area contributed by atoms with Gasteiger partial charge in [0.25, 0.3) is 0 Å². The zero-order valence-corrected chi connectivity index (χ0v) is 27.5. The van der Waals surface area contributed by atoms with Crippen LogP contribution in [-0.4, -0.2) is 0 Å². The number of benzene rings is 9. The first-order valence-corrected chi connectivity index (χ1v) is 17.4. The summed E-state index contributed by atoms with van der Waals surface area (Å²) in [5.41, 5.74) is 7.30. The topological polar surface area (TPSA) is 24.1 Å². The van der Waals surface area contributed by atoms with E-state index in [9.17, 15) is 0 Å². The van der Waals surface area contributed by atoms with Crippen molar-refractivity contribution in [3.05, 3.63) is 199 Å². The third kappa shape index (κ3) is 4.76. The smallest absolute Gasteiger partial charge is 0.104 e. The number of nitrogens with one attached hydrogen (secondary N) is 2. The van der Waals surface area contributed by atoms with Crippen LogP contribution in [0.15, 0.2) is 182 Å². The quantitative estimate of drug-likeness (QED) is 0.148. The molecule has 9 aromatic rings. The predicted octanol–water partition coefficient (Wildman–Crippen LogP) is 12.1. The zero-order chi connectivity index (χ0) is 33.0. The van der Waals surface area contributed by atoms with Crippen molar-refractivity contribution < 1.29 is 0 Å². The highest BCUT2D eigenvalue weighted by molar-refractivity contribution is 6.20. The monoisotopic (exact) mass is 638 g/mol. The van der Waals surface area contributed by atoms with Crippen molar-refractivity contribution in [3.63, 3.8) is 0 Å². The summed E-state index contributed by atoms with van der Waals surface area (Å²) in [6.45, 7) is 0. The highest BCUT2D eigenvalue weighted by atomic mass is 15.2. The standard InChI is InChI=1S/C48H34N2/c1-2-13-33(14-3-1)44-30-45(42-20-10-16-34-22-21-32-12-5-8-18-39(32)47(34)42)50-48(49-44)36-25-23-35(24-26-36)46-40-19-9-6-15-37(40)29-43-38-17-7-4-11-31(38)27-28-41(43)46/h1-30,44,48-50H. The second-order valence-corrected chi connectivity index (χ2v) is 13.4. The maximum atomic E-state index is 3.93. The molecule has 2 atom stereocenters. The lowest BCUT2D eigenvalue weighted by molar-refractivity contribution is 0.443. The third-order valence-corrected chi connectivity index (χ3v) is 10.5. The Morgan fingerprint density at radius 3 is 1.86 bits per heavy atom. The molecule has 1 aliphatic rings. The summed E-state index contributed by atoms with van der Waals surface area (Å²) >= 11 is 0. The summed E-state index contributed by atoms with van der Waals surface area (Å²) in [7, 11) is 0. The number of fused-ring (bicyclic) bond motifs is 7. The van der Waals surface area contributed by atoms with Gasteiger partial charge in [0.15, 0.2) is 0 Å². The van der Waals surface area contributed by atoms with Crippen LogP contribution in [-0.2, 0) is 0 Å². The van der Waals surface area contributed by atoms with E-state index in [-0.39, 0.29) is 12.2 Å². The van der Waals surface area contributed by atoms with Crippen molar-refractivity contribution >= 4 is 59.6 Å². The van der Waals surface area contributed by atoms with Crippen molar-refractivity contribution in [2.75, 3.05) is 0 Å². The normalized spacial score (nSPS) is 16.2. The lowest BCUT2D eigenvalue weighted by Crippen LogP contribution is -2.39. The average Bonchev–Trinajstić information content (AvgIpc) is 3.20. The fraction of sp³-hybridized carbons (Fsp3) is 0.0417. The molecule has 0 fully saturated rings. The molecule has 236 valence electrons. The van der Waals surface area contributed by atoms with Crippen molar-refractivity contribution in [1.29, 1.82) is 0 Å². The SMILES string of the molecule is C1=C(c2cccc3ccc4ccccc4c23)NC(c2ccc(-c3c4ccccc4cc4c3ccc3ccccc34)cc2)NC1c1ccccc1. The molecule has 2 heteroatoms. The molecule has 0 radical (unpaired) electrons. The summed E-state index contributed by atoms with van der Waals surface area (Å²) in [5.74, 6) is 0. The molecular formula is C48H34N2. The van der Waals surface area contributed by atoms with Gasteiger partial charge in [-0.3, -0.25) is 5.32 Å². The van der Waals surface area contributed by atoms with Crippen LogP contribution in [0.4, 0.5) is 0 Å². The van der Waals surface area contributed by atoms with E-state index in [0.29, 0.717) is 0 Å². The molecule has 1 heterocycles. The van der Waals surface area contributed by atoms with Gasteiger partial charge in [-0.1, -0.05) is 170 Å². The van der Waals surface area contributed by atoms with Gasteiger partial charge < -0.3 is 5.32 Å². The Morgan fingerprint density at radius 2 is 1.04 bits per heavy atom. The molecule has 2 nitrogen and oxygen atoms in total. The van der Waals surface area contributed by atoms with Gasteiger partial charge >= 0.3 is 0 Å². The van der Waals surface area contributed by atoms with Gasteiger partial charge in [-0.25, -0.2) is 0 Å². The van der Waals surface area contributed by atoms with E-state index < -0.39 is 0 Å². The molecule has 2 unspecified atom stereocenters. The van der Waals surface area contributed by atoms with Crippen molar-refractivity contribution in [2.24, 2.45) is 0 Å². The van der Waals surface area contributed by atoms with Crippen molar-refractivity contribution in [1.82, 2.24) is 10.6 Å². The van der Waals surface area contributed by atoms with Crippen LogP contribution >= 0.6 is 0 Å². The molecule has 10 rings (SSSR count). The summed E-state index contributed by atoms with van der Waals surface area (Å²) in [6, 6.07) is 64.2. The maximum Gasteiger partial charge on any atom is 0.104 e. The largest absolute Gasteiger partial charge is 0.366 e. The number of hydrogen-bond donors (Lipinski definition) is 2. The van der Waals surface area contributed by atoms with Gasteiger partial charge in [-0.15, -0.1) is 0 Å². The first-order valence-electron chi connectivity index (χ1n) is 17.4. The van der Waals surface area contributed by atoms with E-state index in [2.05, 4.69) is 193 Å². The predicted molar refractivity (Wildman–Crippen MR) is 212 cm³/mol. The van der Waals surface area contributed by atoms with Crippen LogP contribution in [0, 0.1) is 0 Å². The molecule has 50 heavy (non-hydrogen) atoms. The molecule has 0 aromatic heterocycles. The van der Waals surface area contributed by atoms with Gasteiger partial charge in [0.1, 0.15) is 6.17 Å². The Hall–Kier alpha value is -6.22. The zero-order valence-electron chi connectivity index (χ0n) is 27.5. The molecule has 0 bridgehead atoms. The average molecular weight is 639 g/mol. The molecule has 0 saturated carbocycles. The lowest BCUT2D eigenvalue weighted by atomic mass is 9.89. The minimum atomic E-state index is -0.0901. The highest BCUT2D eigenvalue weighted by Gasteiger charge is 2.25. The molecule has 0 saturated heterocycles. The van der Waals surface area contributed by atoms with Gasteiger partial charge in [0, 0.05) is 11.3 Å². The molecule has 1 aliphatic heterocycles. The van der Waals surface area contributed by atoms with Gasteiger partial charge in [-0.05, 0) is 88.3 Å². The van der Waals surface area contributed by atoms with E-state index in [1.807, 2.05) is 0 Å². The van der Waals surface area contributed by atoms with E-state index in [4.69, 9.17) is 0 Å². The van der Waals surface area contributed by atoms with E-state index in [1.165, 1.54) is 81.7 Å². The maximum absolute atomic E-state index is 3.93. The van der Waals surface area contributed by atoms with E-state index in [1.54, 1.807) is 0 Å². The van der Waals surface area contributed by atoms with Crippen LogP contribution < -0.4 is 10.6 Å². The van der Waals surface area contributed by atoms with Crippen LogP contribution in [0.1, 0.15) is 28.9 Å². The molecular weight excluding hydrogens is 605 g/mol.